The van der Waals surface area contributed by atoms with E-state index < -0.39 is 21.8 Å². The second-order valence-corrected chi connectivity index (χ2v) is 10.5. The largest absolute Gasteiger partial charge is 0.416 e. The monoisotopic (exact) mass is 558 g/mol. The number of benzene rings is 3. The SMILES string of the molecule is O=C(CSCc1ccc(Br)cc1)Nc1ccc(S(=O)(=O)Nc2cccc(C(F)(F)F)c2)cc1. The molecule has 0 aromatic heterocycles. The minimum atomic E-state index is -4.59. The molecule has 3 aromatic rings. The first kappa shape index (κ1) is 25.1. The van der Waals surface area contributed by atoms with Gasteiger partial charge in [-0.3, -0.25) is 9.52 Å². The standard InChI is InChI=1S/C22H18BrF3N2O3S2/c23-17-6-4-15(5-7-17)13-32-14-21(29)27-18-8-10-20(11-9-18)33(30,31)28-19-3-1-2-16(12-19)22(24,25)26/h1-12,28H,13-14H2,(H,27,29). The molecule has 3 rings (SSSR count). The predicted octanol–water partition coefficient (Wildman–Crippen LogP) is 6.14. The first-order chi connectivity index (χ1) is 15.5. The van der Waals surface area contributed by atoms with Crippen molar-refractivity contribution in [2.24, 2.45) is 0 Å². The van der Waals surface area contributed by atoms with E-state index in [1.807, 2.05) is 24.3 Å². The van der Waals surface area contributed by atoms with E-state index in [2.05, 4.69) is 26.0 Å². The van der Waals surface area contributed by atoms with Gasteiger partial charge in [-0.25, -0.2) is 8.42 Å². The molecule has 0 radical (unpaired) electrons. The average Bonchev–Trinajstić information content (AvgIpc) is 2.75. The number of amides is 1. The van der Waals surface area contributed by atoms with Crippen molar-refractivity contribution in [3.8, 4) is 0 Å². The van der Waals surface area contributed by atoms with E-state index in [-0.39, 0.29) is 22.2 Å². The average molecular weight is 559 g/mol. The lowest BCUT2D eigenvalue weighted by atomic mass is 10.2. The van der Waals surface area contributed by atoms with Gasteiger partial charge in [0, 0.05) is 21.6 Å². The van der Waals surface area contributed by atoms with E-state index in [1.165, 1.54) is 42.1 Å². The quantitative estimate of drug-likeness (QED) is 0.348. The number of hydrogen-bond donors (Lipinski definition) is 2. The van der Waals surface area contributed by atoms with Crippen molar-refractivity contribution in [3.05, 3.63) is 88.4 Å². The Morgan fingerprint density at radius 1 is 0.939 bits per heavy atom. The number of hydrogen-bond acceptors (Lipinski definition) is 4. The molecular formula is C22H18BrF3N2O3S2. The lowest BCUT2D eigenvalue weighted by Crippen LogP contribution is -2.15. The van der Waals surface area contributed by atoms with Crippen LogP contribution in [0.5, 0.6) is 0 Å². The minimum absolute atomic E-state index is 0.150. The van der Waals surface area contributed by atoms with Crippen LogP contribution in [0.25, 0.3) is 0 Å². The van der Waals surface area contributed by atoms with E-state index in [4.69, 9.17) is 0 Å². The number of rotatable bonds is 8. The molecular weight excluding hydrogens is 541 g/mol. The molecule has 0 unspecified atom stereocenters. The summed E-state index contributed by atoms with van der Waals surface area (Å²) in [6.07, 6.45) is -4.59. The number of carbonyl (C=O) groups is 1. The number of thioether (sulfide) groups is 1. The Labute approximate surface area is 202 Å². The van der Waals surface area contributed by atoms with Crippen LogP contribution in [0, 0.1) is 0 Å². The van der Waals surface area contributed by atoms with Gasteiger partial charge in [-0.1, -0.05) is 34.1 Å². The normalized spacial score (nSPS) is 11.8. The van der Waals surface area contributed by atoms with Gasteiger partial charge in [0.05, 0.1) is 16.2 Å². The summed E-state index contributed by atoms with van der Waals surface area (Å²) >= 11 is 4.80. The first-order valence-corrected chi connectivity index (χ1v) is 12.9. The summed E-state index contributed by atoms with van der Waals surface area (Å²) in [6.45, 7) is 0. The second-order valence-electron chi connectivity index (χ2n) is 6.88. The fraction of sp³-hybridized carbons (Fsp3) is 0.136. The first-order valence-electron chi connectivity index (χ1n) is 9.45. The summed E-state index contributed by atoms with van der Waals surface area (Å²) in [5.74, 6) is 0.640. The van der Waals surface area contributed by atoms with Crippen molar-refractivity contribution >= 4 is 55.0 Å². The molecule has 0 saturated carbocycles. The van der Waals surface area contributed by atoms with Crippen LogP contribution in [-0.2, 0) is 26.7 Å². The van der Waals surface area contributed by atoms with Crippen molar-refractivity contribution in [3.63, 3.8) is 0 Å². The fourth-order valence-electron chi connectivity index (χ4n) is 2.73. The van der Waals surface area contributed by atoms with E-state index >= 15 is 0 Å². The van der Waals surface area contributed by atoms with Gasteiger partial charge in [-0.2, -0.15) is 13.2 Å². The molecule has 1 amide bonds. The Hall–Kier alpha value is -2.50. The second kappa shape index (κ2) is 10.6. The maximum Gasteiger partial charge on any atom is 0.416 e. The van der Waals surface area contributed by atoms with Gasteiger partial charge in [0.1, 0.15) is 0 Å². The van der Waals surface area contributed by atoms with Crippen LogP contribution < -0.4 is 10.0 Å². The van der Waals surface area contributed by atoms with Gasteiger partial charge in [0.2, 0.25) is 5.91 Å². The molecule has 3 aromatic carbocycles. The van der Waals surface area contributed by atoms with Crippen molar-refractivity contribution in [2.75, 3.05) is 15.8 Å². The van der Waals surface area contributed by atoms with Gasteiger partial charge in [-0.05, 0) is 60.2 Å². The minimum Gasteiger partial charge on any atom is -0.325 e. The summed E-state index contributed by atoms with van der Waals surface area (Å²) in [5, 5.41) is 2.68. The van der Waals surface area contributed by atoms with E-state index in [0.29, 0.717) is 11.4 Å². The number of sulfonamides is 1. The Kier molecular flexibility index (Phi) is 8.09. The van der Waals surface area contributed by atoms with E-state index in [0.717, 1.165) is 28.2 Å². The number of halogens is 4. The number of anilines is 2. The Morgan fingerprint density at radius 3 is 2.24 bits per heavy atom. The van der Waals surface area contributed by atoms with Crippen LogP contribution in [-0.4, -0.2) is 20.1 Å². The third-order valence-electron chi connectivity index (χ3n) is 4.31. The highest BCUT2D eigenvalue weighted by Crippen LogP contribution is 2.31. The van der Waals surface area contributed by atoms with Crippen LogP contribution in [0.1, 0.15) is 11.1 Å². The third kappa shape index (κ3) is 7.51. The summed E-state index contributed by atoms with van der Waals surface area (Å²) in [6, 6.07) is 17.0. The predicted molar refractivity (Wildman–Crippen MR) is 128 cm³/mol. The summed E-state index contributed by atoms with van der Waals surface area (Å²) in [4.78, 5) is 12.0. The Balaban J connectivity index is 1.56. The molecule has 0 atom stereocenters. The zero-order chi connectivity index (χ0) is 24.1. The summed E-state index contributed by atoms with van der Waals surface area (Å²) in [7, 11) is -4.11. The van der Waals surface area contributed by atoms with Crippen molar-refractivity contribution in [2.45, 2.75) is 16.8 Å². The van der Waals surface area contributed by atoms with E-state index in [1.54, 1.807) is 0 Å². The van der Waals surface area contributed by atoms with Crippen molar-refractivity contribution in [1.82, 2.24) is 0 Å². The molecule has 0 aliphatic carbocycles. The maximum atomic E-state index is 12.8. The highest BCUT2D eigenvalue weighted by atomic mass is 79.9. The molecule has 2 N–H and O–H groups in total. The van der Waals surface area contributed by atoms with Crippen LogP contribution in [0.15, 0.2) is 82.2 Å². The zero-order valence-corrected chi connectivity index (χ0v) is 20.1. The topological polar surface area (TPSA) is 75.3 Å². The van der Waals surface area contributed by atoms with Crippen molar-refractivity contribution < 1.29 is 26.4 Å². The van der Waals surface area contributed by atoms with E-state index in [9.17, 15) is 26.4 Å². The molecule has 0 fully saturated rings. The number of nitrogens with one attached hydrogen (secondary N) is 2. The molecule has 0 aliphatic rings. The molecule has 33 heavy (non-hydrogen) atoms. The van der Waals surface area contributed by atoms with Gasteiger partial charge >= 0.3 is 6.18 Å². The van der Waals surface area contributed by atoms with Crippen LogP contribution in [0.4, 0.5) is 24.5 Å². The fourth-order valence-corrected chi connectivity index (χ4v) is 4.83. The molecule has 0 bridgehead atoms. The molecule has 5 nitrogen and oxygen atoms in total. The van der Waals surface area contributed by atoms with Crippen LogP contribution >= 0.6 is 27.7 Å². The lowest BCUT2D eigenvalue weighted by Gasteiger charge is -2.12. The molecule has 0 spiro atoms. The maximum absolute atomic E-state index is 12.8. The van der Waals surface area contributed by atoms with Crippen molar-refractivity contribution in [1.29, 1.82) is 0 Å². The third-order valence-corrected chi connectivity index (χ3v) is 7.24. The molecule has 0 saturated heterocycles. The number of carbonyl (C=O) groups excluding carboxylic acids is 1. The molecule has 0 aliphatic heterocycles. The van der Waals surface area contributed by atoms with Gasteiger partial charge in [0.25, 0.3) is 10.0 Å². The molecule has 174 valence electrons. The number of alkyl halides is 3. The Morgan fingerprint density at radius 2 is 1.61 bits per heavy atom. The zero-order valence-electron chi connectivity index (χ0n) is 16.9. The summed E-state index contributed by atoms with van der Waals surface area (Å²) < 4.78 is 66.6. The van der Waals surface area contributed by atoms with Crippen LogP contribution in [0.2, 0.25) is 0 Å². The highest BCUT2D eigenvalue weighted by molar-refractivity contribution is 9.10. The molecule has 11 heteroatoms. The van der Waals surface area contributed by atoms with Gasteiger partial charge < -0.3 is 5.32 Å². The van der Waals surface area contributed by atoms with Gasteiger partial charge in [0.15, 0.2) is 0 Å². The lowest BCUT2D eigenvalue weighted by molar-refractivity contribution is -0.137. The summed E-state index contributed by atoms with van der Waals surface area (Å²) in [5.41, 5.74) is 0.324. The van der Waals surface area contributed by atoms with Gasteiger partial charge in [-0.15, -0.1) is 11.8 Å². The molecule has 0 heterocycles. The smallest absolute Gasteiger partial charge is 0.325 e. The Bertz CT molecular complexity index is 1220. The highest BCUT2D eigenvalue weighted by Gasteiger charge is 2.30. The van der Waals surface area contributed by atoms with Crippen LogP contribution in [0.3, 0.4) is 0 Å².